The molecule has 0 rings (SSSR count). The Balaban J connectivity index is 0. The zero-order valence-corrected chi connectivity index (χ0v) is 4.07. The summed E-state index contributed by atoms with van der Waals surface area (Å²) in [7, 11) is 0. The van der Waals surface area contributed by atoms with E-state index in [4.69, 9.17) is 18.9 Å². The van der Waals surface area contributed by atoms with E-state index in [1.54, 1.807) is 0 Å². The van der Waals surface area contributed by atoms with Gasteiger partial charge in [-0.25, -0.2) is 9.57 Å². The maximum Gasteiger partial charge on any atom is 0.402 e. The third-order valence-corrected chi connectivity index (χ3v) is 0. The predicted octanol–water partition coefficient (Wildman–Crippen LogP) is -0.415. The van der Waals surface area contributed by atoms with Gasteiger partial charge in [-0.05, 0) is 0 Å². The van der Waals surface area contributed by atoms with E-state index >= 15 is 0 Å². The molecule has 0 atom stereocenters. The molecule has 0 spiro atoms. The second-order valence-electron chi connectivity index (χ2n) is 0.422. The van der Waals surface area contributed by atoms with E-state index in [0.717, 1.165) is 0 Å². The summed E-state index contributed by atoms with van der Waals surface area (Å²) in [5.74, 6) is 0. The third kappa shape index (κ3) is 58.7. The molecule has 6 heteroatoms. The zero-order valence-electron chi connectivity index (χ0n) is 3.25. The fourth-order valence-corrected chi connectivity index (χ4v) is 0. The summed E-state index contributed by atoms with van der Waals surface area (Å²) < 4.78 is 14.1. The van der Waals surface area contributed by atoms with E-state index in [-0.39, 0.29) is 11.5 Å². The number of rotatable bonds is 0. The maximum absolute atomic E-state index is 8.78. The summed E-state index contributed by atoms with van der Waals surface area (Å²) in [5, 5.41) is 7.19. The van der Waals surface area contributed by atoms with E-state index in [1.165, 1.54) is 0 Å². The van der Waals surface area contributed by atoms with Crippen molar-refractivity contribution in [3.05, 3.63) is 0 Å². The molecule has 0 saturated carbocycles. The Morgan fingerprint density at radius 3 is 1.86 bits per heavy atom. The van der Waals surface area contributed by atoms with Crippen molar-refractivity contribution in [3.63, 3.8) is 0 Å². The van der Waals surface area contributed by atoms with Crippen molar-refractivity contribution in [2.24, 2.45) is 5.73 Å². The lowest BCUT2D eigenvalue weighted by Crippen LogP contribution is -2.03. The molecule has 7 heavy (non-hydrogen) atoms. The topological polar surface area (TPSA) is 104 Å². The Labute approximate surface area is 43.2 Å². The van der Waals surface area contributed by atoms with Crippen molar-refractivity contribution >= 4 is 17.6 Å². The fourth-order valence-electron chi connectivity index (χ4n) is 0. The SMILES string of the molecule is N=S=O.NC(=O)O. The molecule has 0 unspecified atom stereocenters. The first kappa shape index (κ1) is 9.43. The van der Waals surface area contributed by atoms with Crippen molar-refractivity contribution in [1.82, 2.24) is 0 Å². The largest absolute Gasteiger partial charge is 0.465 e. The van der Waals surface area contributed by atoms with Gasteiger partial charge in [0.25, 0.3) is 0 Å². The monoisotopic (exact) mass is 124 g/mol. The minimum atomic E-state index is -1.33. The molecule has 0 aliphatic heterocycles. The number of carbonyl (C=O) groups is 1. The Kier molecular flexibility index (Phi) is 12.0. The highest BCUT2D eigenvalue weighted by Gasteiger charge is 1.65. The molecular formula is CH4N2O3S. The second kappa shape index (κ2) is 8.92. The van der Waals surface area contributed by atoms with Crippen LogP contribution in [-0.4, -0.2) is 15.4 Å². The third-order valence-electron chi connectivity index (χ3n) is 0. The number of carboxylic acid groups (broad SMARTS) is 1. The van der Waals surface area contributed by atoms with Crippen LogP contribution in [0.15, 0.2) is 0 Å². The van der Waals surface area contributed by atoms with Crippen LogP contribution in [0, 0.1) is 4.78 Å². The van der Waals surface area contributed by atoms with E-state index in [0.29, 0.717) is 0 Å². The van der Waals surface area contributed by atoms with Gasteiger partial charge in [-0.15, -0.1) is 0 Å². The molecule has 1 amide bonds. The van der Waals surface area contributed by atoms with Crippen LogP contribution in [-0.2, 0) is 11.5 Å². The lowest BCUT2D eigenvalue weighted by molar-refractivity contribution is 0.205. The van der Waals surface area contributed by atoms with Gasteiger partial charge < -0.3 is 10.8 Å². The Hall–Kier alpha value is -0.910. The van der Waals surface area contributed by atoms with Crippen LogP contribution in [0.5, 0.6) is 0 Å². The van der Waals surface area contributed by atoms with Gasteiger partial charge in [0, 0.05) is 0 Å². The smallest absolute Gasteiger partial charge is 0.402 e. The van der Waals surface area contributed by atoms with Gasteiger partial charge in [-0.3, -0.25) is 0 Å². The van der Waals surface area contributed by atoms with Crippen LogP contribution in [0.2, 0.25) is 0 Å². The van der Waals surface area contributed by atoms with Crippen molar-refractivity contribution in [3.8, 4) is 0 Å². The summed E-state index contributed by atoms with van der Waals surface area (Å²) in [5.41, 5.74) is 4.03. The summed E-state index contributed by atoms with van der Waals surface area (Å²) in [6, 6.07) is 0. The van der Waals surface area contributed by atoms with Crippen LogP contribution in [0.1, 0.15) is 0 Å². The standard InChI is InChI=1S/CH3NO2.HNOS/c2-1(3)4;1-3-2/h2H2,(H,3,4);1H. The minimum absolute atomic E-state index is 0.250. The van der Waals surface area contributed by atoms with Gasteiger partial charge in [0.2, 0.25) is 0 Å². The Morgan fingerprint density at radius 1 is 1.86 bits per heavy atom. The average Bonchev–Trinajstić information content (AvgIpc) is 1.33. The number of hydrogen-bond acceptors (Lipinski definition) is 3. The minimum Gasteiger partial charge on any atom is -0.465 e. The van der Waals surface area contributed by atoms with Crippen LogP contribution in [0.3, 0.4) is 0 Å². The van der Waals surface area contributed by atoms with Gasteiger partial charge in [-0.1, -0.05) is 0 Å². The summed E-state index contributed by atoms with van der Waals surface area (Å²) >= 11 is -0.250. The molecule has 0 radical (unpaired) electrons. The molecule has 0 heterocycles. The number of hydrogen-bond donors (Lipinski definition) is 3. The highest BCUT2D eigenvalue weighted by molar-refractivity contribution is 7.53. The average molecular weight is 124 g/mol. The van der Waals surface area contributed by atoms with E-state index in [1.807, 2.05) is 0 Å². The van der Waals surface area contributed by atoms with Crippen LogP contribution in [0.25, 0.3) is 0 Å². The zero-order chi connectivity index (χ0) is 6.28. The lowest BCUT2D eigenvalue weighted by Gasteiger charge is -1.61. The first-order valence-electron chi connectivity index (χ1n) is 1.09. The number of amides is 1. The van der Waals surface area contributed by atoms with Gasteiger partial charge in [0.15, 0.2) is 11.5 Å². The molecule has 0 aliphatic rings. The van der Waals surface area contributed by atoms with Crippen LogP contribution < -0.4 is 5.73 Å². The molecular weight excluding hydrogens is 120 g/mol. The first-order valence-corrected chi connectivity index (χ1v) is 1.83. The van der Waals surface area contributed by atoms with Gasteiger partial charge in [0.05, 0.1) is 0 Å². The number of primary amides is 1. The van der Waals surface area contributed by atoms with E-state index in [2.05, 4.69) is 5.73 Å². The Morgan fingerprint density at radius 2 is 1.86 bits per heavy atom. The highest BCUT2D eigenvalue weighted by Crippen LogP contribution is 1.34. The van der Waals surface area contributed by atoms with Crippen molar-refractivity contribution in [2.75, 3.05) is 0 Å². The van der Waals surface area contributed by atoms with Gasteiger partial charge in [0.1, 0.15) is 0 Å². The summed E-state index contributed by atoms with van der Waals surface area (Å²) in [4.78, 5) is 8.78. The quantitative estimate of drug-likeness (QED) is 0.408. The molecule has 0 aromatic carbocycles. The van der Waals surface area contributed by atoms with E-state index in [9.17, 15) is 0 Å². The molecule has 0 saturated heterocycles. The normalized spacial score (nSPS) is 5.14. The van der Waals surface area contributed by atoms with Crippen molar-refractivity contribution in [2.45, 2.75) is 0 Å². The van der Waals surface area contributed by atoms with E-state index < -0.39 is 6.09 Å². The molecule has 0 aromatic heterocycles. The second-order valence-corrected chi connectivity index (χ2v) is 0.588. The number of nitrogens with one attached hydrogen (secondary N) is 1. The van der Waals surface area contributed by atoms with Crippen molar-refractivity contribution in [1.29, 1.82) is 4.78 Å². The lowest BCUT2D eigenvalue weighted by atomic mass is 11.3. The predicted molar refractivity (Wildman–Crippen MR) is 23.1 cm³/mol. The summed E-state index contributed by atoms with van der Waals surface area (Å²) in [6.45, 7) is 0. The molecule has 0 aliphatic carbocycles. The highest BCUT2D eigenvalue weighted by atomic mass is 32.1. The van der Waals surface area contributed by atoms with Gasteiger partial charge >= 0.3 is 6.09 Å². The van der Waals surface area contributed by atoms with Crippen LogP contribution in [0.4, 0.5) is 4.79 Å². The molecule has 42 valence electrons. The molecule has 0 aromatic rings. The van der Waals surface area contributed by atoms with Crippen molar-refractivity contribution < 1.29 is 14.1 Å². The molecule has 4 N–H and O–H groups in total. The molecule has 0 fully saturated rings. The molecule has 0 bridgehead atoms. The first-order chi connectivity index (χ1) is 3.15. The fraction of sp³-hybridized carbons (Fsp3) is 0. The van der Waals surface area contributed by atoms with Crippen LogP contribution >= 0.6 is 0 Å². The Bertz CT molecular complexity index is 80.9. The summed E-state index contributed by atoms with van der Waals surface area (Å²) in [6.07, 6.45) is -1.33. The number of nitrogens with two attached hydrogens (primary N) is 1. The van der Waals surface area contributed by atoms with Gasteiger partial charge in [-0.2, -0.15) is 4.21 Å². The molecule has 5 nitrogen and oxygen atoms in total. The maximum atomic E-state index is 8.78.